The number of methoxy groups -OCH3 is 4. The highest BCUT2D eigenvalue weighted by Crippen LogP contribution is 2.56. The summed E-state index contributed by atoms with van der Waals surface area (Å²) in [4.78, 5) is 28.2. The molecule has 101 heavy (non-hydrogen) atoms. The molecule has 0 fully saturated rings. The number of aliphatic carboxylic acids is 1. The number of halogens is 4. The average Bonchev–Trinajstić information content (AvgIpc) is 0.725. The lowest BCUT2D eigenvalue weighted by Crippen LogP contribution is -2.33. The number of anilines is 2. The van der Waals surface area contributed by atoms with Gasteiger partial charge in [0.1, 0.15) is 52.3 Å². The number of carboxylic acids is 1. The van der Waals surface area contributed by atoms with E-state index < -0.39 is 59.6 Å². The molecule has 2 heterocycles. The topological polar surface area (TPSA) is 258 Å². The molecule has 28 heteroatoms. The molecule has 9 rings (SSSR count). The maximum Gasteiger partial charge on any atom is 0.344 e. The molecule has 2 aliphatic rings. The predicted octanol–water partition coefficient (Wildman–Crippen LogP) is 11.0. The van der Waals surface area contributed by atoms with Crippen molar-refractivity contribution in [1.29, 1.82) is 0 Å². The van der Waals surface area contributed by atoms with E-state index in [1.165, 1.54) is 64.8 Å². The Labute approximate surface area is 582 Å². The van der Waals surface area contributed by atoms with Crippen molar-refractivity contribution in [2.45, 2.75) is 45.5 Å². The number of carbonyl (C=O) groups is 2. The summed E-state index contributed by atoms with van der Waals surface area (Å²) >= 11 is 0. The second kappa shape index (κ2) is 38.0. The minimum atomic E-state index is -2.21. The highest BCUT2D eigenvalue weighted by molar-refractivity contribution is 5.73. The number of fused-ring (bicyclic) bond motifs is 4. The maximum atomic E-state index is 15.7. The van der Waals surface area contributed by atoms with Crippen LogP contribution in [0.15, 0.2) is 115 Å². The lowest BCUT2D eigenvalue weighted by molar-refractivity contribution is -0.147. The number of hydrogen-bond acceptors (Lipinski definition) is 23. The fraction of sp³-hybridized carbons (Fsp3) is 0.397. The second-order valence-electron chi connectivity index (χ2n) is 22.2. The molecule has 0 unspecified atom stereocenters. The van der Waals surface area contributed by atoms with E-state index in [0.29, 0.717) is 64.0 Å². The van der Waals surface area contributed by atoms with Crippen molar-refractivity contribution in [3.05, 3.63) is 177 Å². The molecule has 0 amide bonds. The molecule has 0 saturated heterocycles. The quantitative estimate of drug-likeness (QED) is 0.0140. The number of carbonyl (C=O) groups excluding carboxylic acids is 1. The van der Waals surface area contributed by atoms with Gasteiger partial charge in [0.25, 0.3) is 0 Å². The zero-order chi connectivity index (χ0) is 72.5. The molecule has 0 saturated carbocycles. The summed E-state index contributed by atoms with van der Waals surface area (Å²) in [5.74, 6) is -5.61. The van der Waals surface area contributed by atoms with Gasteiger partial charge in [-0.05, 0) is 92.9 Å². The second-order valence-corrected chi connectivity index (χ2v) is 22.2. The predicted molar refractivity (Wildman–Crippen MR) is 358 cm³/mol. The Morgan fingerprint density at radius 2 is 0.743 bits per heavy atom. The van der Waals surface area contributed by atoms with Crippen LogP contribution in [0.4, 0.5) is 28.9 Å². The van der Waals surface area contributed by atoms with Crippen molar-refractivity contribution >= 4 is 23.3 Å². The summed E-state index contributed by atoms with van der Waals surface area (Å²) in [5.41, 5.74) is -2.32. The third-order valence-corrected chi connectivity index (χ3v) is 16.0. The first kappa shape index (κ1) is 77.5. The van der Waals surface area contributed by atoms with Gasteiger partial charge in [-0.15, -0.1) is 0 Å². The minimum Gasteiger partial charge on any atom is -0.480 e. The molecule has 0 aliphatic carbocycles. The first-order valence-electron chi connectivity index (χ1n) is 32.3. The zero-order valence-corrected chi connectivity index (χ0v) is 57.4. The van der Waals surface area contributed by atoms with E-state index in [2.05, 4.69) is 0 Å². The van der Waals surface area contributed by atoms with E-state index in [-0.39, 0.29) is 151 Å². The highest BCUT2D eigenvalue weighted by atomic mass is 19.1. The highest BCUT2D eigenvalue weighted by Gasteiger charge is 2.47. The van der Waals surface area contributed by atoms with Crippen molar-refractivity contribution in [3.8, 4) is 57.5 Å². The largest absolute Gasteiger partial charge is 0.480 e. The van der Waals surface area contributed by atoms with Crippen LogP contribution in [-0.4, -0.2) is 175 Å². The monoisotopic (exact) mass is 1420 g/mol. The van der Waals surface area contributed by atoms with Crippen LogP contribution >= 0.6 is 0 Å². The van der Waals surface area contributed by atoms with Crippen LogP contribution < -0.4 is 47.7 Å². The first-order valence-corrected chi connectivity index (χ1v) is 32.3. The van der Waals surface area contributed by atoms with Crippen LogP contribution in [0.25, 0.3) is 0 Å². The fourth-order valence-corrected chi connectivity index (χ4v) is 10.8. The molecule has 0 bridgehead atoms. The van der Waals surface area contributed by atoms with Crippen LogP contribution in [-0.2, 0) is 70.0 Å². The van der Waals surface area contributed by atoms with Gasteiger partial charge < -0.3 is 106 Å². The van der Waals surface area contributed by atoms with Gasteiger partial charge in [0.15, 0.2) is 86.7 Å². The normalized spacial score (nSPS) is 12.8. The van der Waals surface area contributed by atoms with Crippen molar-refractivity contribution in [1.82, 2.24) is 0 Å². The van der Waals surface area contributed by atoms with E-state index in [1.807, 2.05) is 67.8 Å². The number of aliphatic hydroxyl groups is 2. The lowest BCUT2D eigenvalue weighted by Gasteiger charge is -2.37. The van der Waals surface area contributed by atoms with Gasteiger partial charge in [-0.2, -0.15) is 0 Å². The Hall–Kier alpha value is -9.20. The van der Waals surface area contributed by atoms with Crippen molar-refractivity contribution < 1.29 is 123 Å². The number of esters is 1. The Balaban J connectivity index is 0.000000259. The lowest BCUT2D eigenvalue weighted by atomic mass is 9.77. The van der Waals surface area contributed by atoms with E-state index in [4.69, 9.17) is 80.5 Å². The molecule has 7 aromatic rings. The number of ether oxygens (including phenoxy) is 17. The summed E-state index contributed by atoms with van der Waals surface area (Å²) in [5, 5.41) is 34.8. The molecule has 0 atom stereocenters. The molecule has 3 N–H and O–H groups in total. The smallest absolute Gasteiger partial charge is 0.344 e. The van der Waals surface area contributed by atoms with Crippen LogP contribution in [0.1, 0.15) is 66.6 Å². The number of hydrogen-bond donors (Lipinski definition) is 3. The molecule has 0 radical (unpaired) electrons. The van der Waals surface area contributed by atoms with E-state index >= 15 is 17.6 Å². The average molecular weight is 1420 g/mol. The minimum absolute atomic E-state index is 0.00279. The molecule has 7 aromatic carbocycles. The SMILES string of the molecule is CCN(CC)c1ccc(C2(O)c3cc(F)c(OCOCCOC)cc3Oc3cc(OCOCCOC)c(F)cc32)cc1OCC(=O)O.CCN(CC)c1ccc(C2(O)c3cc(F)c(OCOCCOC)cc3Oc3cc(OCOCCOC)c(F)cc32)cc1OCC(=O)OCc1ccccc1. The molecule has 0 aromatic heterocycles. The van der Waals surface area contributed by atoms with Gasteiger partial charge in [0, 0.05) is 101 Å². The summed E-state index contributed by atoms with van der Waals surface area (Å²) in [6, 6.07) is 28.1. The van der Waals surface area contributed by atoms with Crippen LogP contribution in [0.5, 0.6) is 57.5 Å². The zero-order valence-electron chi connectivity index (χ0n) is 57.4. The van der Waals surface area contributed by atoms with E-state index in [9.17, 15) is 24.9 Å². The third kappa shape index (κ3) is 19.5. The van der Waals surface area contributed by atoms with E-state index in [1.54, 1.807) is 24.3 Å². The molecular formula is C73H84F4N2O22. The molecule has 546 valence electrons. The van der Waals surface area contributed by atoms with Crippen molar-refractivity contribution in [2.75, 3.05) is 158 Å². The van der Waals surface area contributed by atoms with Crippen LogP contribution in [0, 0.1) is 23.3 Å². The molecular weight excluding hydrogens is 1330 g/mol. The van der Waals surface area contributed by atoms with Crippen LogP contribution in [0.3, 0.4) is 0 Å². The summed E-state index contributed by atoms with van der Waals surface area (Å²) in [6.45, 7) is 10.1. The number of benzene rings is 7. The first-order chi connectivity index (χ1) is 48.9. The number of rotatable bonds is 40. The van der Waals surface area contributed by atoms with Gasteiger partial charge >= 0.3 is 11.9 Å². The van der Waals surface area contributed by atoms with Crippen LogP contribution in [0.2, 0.25) is 0 Å². The standard InChI is InChI=1S/C40H45F2NO11.C33H39F2NO11/c1-5-43(6-2)33-13-12-28(18-38(33)50-24-39(44)51-23-27-10-8-7-9-11-27)40(45)29-19-31(41)36(52-25-48-16-14-46-3)21-34(29)54-35-22-37(32(42)20-30(35)40)53-26-49-17-15-47-4;1-5-36(6-2)26-8-7-21(13-31(26)44-18-32(37)38)33(39)22-14-24(34)29(45-19-42-11-9-40-3)16-27(22)47-28-17-30(25(35)15-23(28)33)46-20-43-12-10-41-4/h7-13,18-22,45H,5-6,14-17,23-26H2,1-4H3;7-8,13-17,39H,5-6,9-12,18-20H2,1-4H3,(H,37,38). The summed E-state index contributed by atoms with van der Waals surface area (Å²) in [6.07, 6.45) is 0. The van der Waals surface area contributed by atoms with Gasteiger partial charge in [0.05, 0.1) is 64.2 Å². The number of nitrogens with zero attached hydrogens (tertiary/aromatic N) is 2. The maximum absolute atomic E-state index is 15.7. The summed E-state index contributed by atoms with van der Waals surface area (Å²) in [7, 11) is 6.07. The third-order valence-electron chi connectivity index (χ3n) is 16.0. The van der Waals surface area contributed by atoms with Gasteiger partial charge in [-0.1, -0.05) is 42.5 Å². The Morgan fingerprint density at radius 3 is 1.05 bits per heavy atom. The Morgan fingerprint density at radius 1 is 0.416 bits per heavy atom. The molecule has 2 aliphatic heterocycles. The summed E-state index contributed by atoms with van der Waals surface area (Å²) < 4.78 is 155. The van der Waals surface area contributed by atoms with Crippen molar-refractivity contribution in [3.63, 3.8) is 0 Å². The van der Waals surface area contributed by atoms with Crippen molar-refractivity contribution in [2.24, 2.45) is 0 Å². The number of carboxylic acid groups (broad SMARTS) is 1. The molecule has 24 nitrogen and oxygen atoms in total. The Bertz CT molecular complexity index is 3700. The van der Waals surface area contributed by atoms with Gasteiger partial charge in [0.2, 0.25) is 0 Å². The van der Waals surface area contributed by atoms with E-state index in [0.717, 1.165) is 29.8 Å². The van der Waals surface area contributed by atoms with Gasteiger partial charge in [-0.25, -0.2) is 27.2 Å². The van der Waals surface area contributed by atoms with Gasteiger partial charge in [-0.3, -0.25) is 0 Å². The fourth-order valence-electron chi connectivity index (χ4n) is 10.8. The molecule has 0 spiro atoms. The Kier molecular flexibility index (Phi) is 29.2.